The molecule has 1 aliphatic heterocycles. The number of nitrogens with one attached hydrogen (secondary N) is 3. The number of methoxy groups -OCH3 is 1. The zero-order chi connectivity index (χ0) is 16.5. The Morgan fingerprint density at radius 1 is 1.50 bits per heavy atom. The molecule has 2 rings (SSSR count). The lowest BCUT2D eigenvalue weighted by molar-refractivity contribution is -0.119. The lowest BCUT2D eigenvalue weighted by atomic mass is 10.1. The van der Waals surface area contributed by atoms with Crippen LogP contribution in [0.4, 0.5) is 0 Å². The van der Waals surface area contributed by atoms with Crippen molar-refractivity contribution in [2.24, 2.45) is 4.99 Å². The van der Waals surface area contributed by atoms with Crippen LogP contribution >= 0.6 is 24.0 Å². The van der Waals surface area contributed by atoms with E-state index in [4.69, 9.17) is 4.74 Å². The Kier molecular flexibility index (Phi) is 9.60. The lowest BCUT2D eigenvalue weighted by Gasteiger charge is -2.25. The Labute approximate surface area is 159 Å². The molecule has 0 aliphatic carbocycles. The van der Waals surface area contributed by atoms with Gasteiger partial charge in [-0.3, -0.25) is 4.79 Å². The van der Waals surface area contributed by atoms with E-state index >= 15 is 0 Å². The van der Waals surface area contributed by atoms with Crippen molar-refractivity contribution in [2.45, 2.75) is 32.4 Å². The maximum Gasteiger partial charge on any atom is 0.241 e. The molecular weight excluding hydrogens is 425 g/mol. The van der Waals surface area contributed by atoms with Crippen molar-refractivity contribution in [3.8, 4) is 0 Å². The number of amides is 1. The molecule has 0 saturated carbocycles. The number of halogens is 1. The van der Waals surface area contributed by atoms with Crippen molar-refractivity contribution in [3.05, 3.63) is 12.2 Å². The van der Waals surface area contributed by atoms with E-state index in [-0.39, 0.29) is 42.5 Å². The highest BCUT2D eigenvalue weighted by atomic mass is 127. The van der Waals surface area contributed by atoms with E-state index in [0.29, 0.717) is 19.1 Å². The van der Waals surface area contributed by atoms with E-state index < -0.39 is 0 Å². The second-order valence-corrected chi connectivity index (χ2v) is 5.28. The molecule has 1 amide bonds. The molecule has 0 spiro atoms. The summed E-state index contributed by atoms with van der Waals surface area (Å²) < 4.78 is 6.80. The maximum atomic E-state index is 11.7. The van der Waals surface area contributed by atoms with Crippen LogP contribution in [0.15, 0.2) is 11.3 Å². The van der Waals surface area contributed by atoms with Crippen LogP contribution in [0.5, 0.6) is 0 Å². The number of nitrogens with zero attached hydrogens (tertiary/aromatic N) is 4. The minimum atomic E-state index is -0.124. The van der Waals surface area contributed by atoms with Crippen molar-refractivity contribution in [1.82, 2.24) is 30.7 Å². The molecule has 2 heterocycles. The fourth-order valence-electron chi connectivity index (χ4n) is 2.37. The van der Waals surface area contributed by atoms with Gasteiger partial charge in [0.1, 0.15) is 18.7 Å². The number of rotatable bonds is 7. The summed E-state index contributed by atoms with van der Waals surface area (Å²) >= 11 is 0. The van der Waals surface area contributed by atoms with Gasteiger partial charge in [0.15, 0.2) is 5.96 Å². The van der Waals surface area contributed by atoms with Crippen molar-refractivity contribution in [1.29, 1.82) is 0 Å². The van der Waals surface area contributed by atoms with Crippen molar-refractivity contribution in [3.63, 3.8) is 0 Å². The first kappa shape index (κ1) is 20.6. The summed E-state index contributed by atoms with van der Waals surface area (Å²) in [6.07, 6.45) is 3.43. The average molecular weight is 451 g/mol. The first-order chi connectivity index (χ1) is 11.2. The van der Waals surface area contributed by atoms with Crippen LogP contribution in [0.25, 0.3) is 0 Å². The van der Waals surface area contributed by atoms with Crippen LogP contribution in [-0.4, -0.2) is 66.0 Å². The number of aliphatic imine (C=N–C) groups is 1. The molecular formula is C14H26IN7O2. The van der Waals surface area contributed by atoms with Gasteiger partial charge < -0.3 is 20.7 Å². The van der Waals surface area contributed by atoms with Gasteiger partial charge in [0.05, 0.1) is 13.2 Å². The van der Waals surface area contributed by atoms with Gasteiger partial charge in [-0.25, -0.2) is 14.7 Å². The lowest BCUT2D eigenvalue weighted by Crippen LogP contribution is -2.47. The first-order valence-corrected chi connectivity index (χ1v) is 7.90. The second-order valence-electron chi connectivity index (χ2n) is 5.28. The van der Waals surface area contributed by atoms with Gasteiger partial charge in [-0.15, -0.1) is 24.0 Å². The number of fused-ring (bicyclic) bond motifs is 1. The summed E-state index contributed by atoms with van der Waals surface area (Å²) in [6, 6.07) is 0.221. The van der Waals surface area contributed by atoms with Gasteiger partial charge >= 0.3 is 0 Å². The summed E-state index contributed by atoms with van der Waals surface area (Å²) in [7, 11) is 1.60. The minimum Gasteiger partial charge on any atom is -0.383 e. The summed E-state index contributed by atoms with van der Waals surface area (Å²) in [5.41, 5.74) is 0. The van der Waals surface area contributed by atoms with E-state index in [2.05, 4.69) is 31.0 Å². The highest BCUT2D eigenvalue weighted by molar-refractivity contribution is 14.0. The largest absolute Gasteiger partial charge is 0.383 e. The van der Waals surface area contributed by atoms with Crippen LogP contribution in [0, 0.1) is 0 Å². The Balaban J connectivity index is 0.00000288. The molecule has 1 aromatic heterocycles. The number of carbonyl (C=O) groups is 1. The van der Waals surface area contributed by atoms with Gasteiger partial charge in [0.25, 0.3) is 0 Å². The minimum absolute atomic E-state index is 0. The highest BCUT2D eigenvalue weighted by Crippen LogP contribution is 2.11. The molecule has 1 atom stereocenters. The summed E-state index contributed by atoms with van der Waals surface area (Å²) in [4.78, 5) is 20.2. The molecule has 24 heavy (non-hydrogen) atoms. The van der Waals surface area contributed by atoms with E-state index in [1.54, 1.807) is 13.4 Å². The quantitative estimate of drug-likeness (QED) is 0.224. The van der Waals surface area contributed by atoms with Crippen LogP contribution in [0.3, 0.4) is 0 Å². The molecule has 0 radical (unpaired) electrons. The Hall–Kier alpha value is -1.43. The maximum absolute atomic E-state index is 11.7. The molecule has 0 fully saturated rings. The molecule has 9 nitrogen and oxygen atoms in total. The SMILES string of the molecule is CCNC(=NCC(=O)NCCOC)NC1CCc2ncnn2C1.I. The molecule has 136 valence electrons. The molecule has 1 unspecified atom stereocenters. The highest BCUT2D eigenvalue weighted by Gasteiger charge is 2.20. The predicted molar refractivity (Wildman–Crippen MR) is 102 cm³/mol. The third kappa shape index (κ3) is 6.59. The smallest absolute Gasteiger partial charge is 0.241 e. The summed E-state index contributed by atoms with van der Waals surface area (Å²) in [6.45, 7) is 4.55. The molecule has 1 aliphatic rings. The third-order valence-corrected chi connectivity index (χ3v) is 3.50. The van der Waals surface area contributed by atoms with E-state index in [9.17, 15) is 4.79 Å². The molecule has 0 saturated heterocycles. The van der Waals surface area contributed by atoms with Crippen LogP contribution < -0.4 is 16.0 Å². The monoisotopic (exact) mass is 451 g/mol. The summed E-state index contributed by atoms with van der Waals surface area (Å²) in [5.74, 6) is 1.53. The topological polar surface area (TPSA) is 105 Å². The molecule has 10 heteroatoms. The molecule has 1 aromatic rings. The fourth-order valence-corrected chi connectivity index (χ4v) is 2.37. The zero-order valence-electron chi connectivity index (χ0n) is 14.1. The molecule has 3 N–H and O–H groups in total. The van der Waals surface area contributed by atoms with Gasteiger partial charge in [-0.05, 0) is 13.3 Å². The first-order valence-electron chi connectivity index (χ1n) is 7.90. The Bertz CT molecular complexity index is 535. The van der Waals surface area contributed by atoms with E-state index in [1.807, 2.05) is 11.6 Å². The second kappa shape index (κ2) is 11.2. The van der Waals surface area contributed by atoms with Crippen LogP contribution in [0.2, 0.25) is 0 Å². The normalized spacial score (nSPS) is 16.8. The number of aryl methyl sites for hydroxylation is 1. The number of ether oxygens (including phenoxy) is 1. The Morgan fingerprint density at radius 3 is 3.08 bits per heavy atom. The van der Waals surface area contributed by atoms with Crippen LogP contribution in [0.1, 0.15) is 19.2 Å². The molecule has 0 aromatic carbocycles. The number of guanidine groups is 1. The Morgan fingerprint density at radius 2 is 2.33 bits per heavy atom. The fraction of sp³-hybridized carbons (Fsp3) is 0.714. The predicted octanol–water partition coefficient (Wildman–Crippen LogP) is -0.471. The molecule has 0 bridgehead atoms. The van der Waals surface area contributed by atoms with Gasteiger partial charge in [-0.1, -0.05) is 0 Å². The standard InChI is InChI=1S/C14H25N7O2.HI/c1-3-15-14(17-8-13(22)16-6-7-23-2)20-11-4-5-12-18-10-19-21(12)9-11;/h10-11H,3-9H2,1-2H3,(H,16,22)(H2,15,17,20);1H. The van der Waals surface area contributed by atoms with Gasteiger partial charge in [0.2, 0.25) is 5.91 Å². The number of carbonyl (C=O) groups excluding carboxylic acids is 1. The van der Waals surface area contributed by atoms with Gasteiger partial charge in [0, 0.05) is 32.7 Å². The van der Waals surface area contributed by atoms with E-state index in [0.717, 1.165) is 31.8 Å². The zero-order valence-corrected chi connectivity index (χ0v) is 16.4. The summed E-state index contributed by atoms with van der Waals surface area (Å²) in [5, 5.41) is 13.5. The van der Waals surface area contributed by atoms with E-state index in [1.165, 1.54) is 0 Å². The third-order valence-electron chi connectivity index (χ3n) is 3.50. The number of hydrogen-bond donors (Lipinski definition) is 3. The number of hydrogen-bond acceptors (Lipinski definition) is 5. The average Bonchev–Trinajstić information content (AvgIpc) is 3.01. The van der Waals surface area contributed by atoms with Crippen molar-refractivity contribution in [2.75, 3.05) is 33.4 Å². The number of aromatic nitrogens is 3. The van der Waals surface area contributed by atoms with Gasteiger partial charge in [-0.2, -0.15) is 5.10 Å². The van der Waals surface area contributed by atoms with Crippen LogP contribution in [-0.2, 0) is 22.5 Å². The van der Waals surface area contributed by atoms with Crippen molar-refractivity contribution < 1.29 is 9.53 Å². The van der Waals surface area contributed by atoms with Crippen molar-refractivity contribution >= 4 is 35.8 Å².